The lowest BCUT2D eigenvalue weighted by Gasteiger charge is -2.18. The number of rotatable bonds is 6. The first-order chi connectivity index (χ1) is 9.13. The highest BCUT2D eigenvalue weighted by atomic mass is 79.9. The summed E-state index contributed by atoms with van der Waals surface area (Å²) >= 11 is 4.98. The molecule has 0 aromatic carbocycles. The summed E-state index contributed by atoms with van der Waals surface area (Å²) < 4.78 is 6.95. The minimum atomic E-state index is 0.0547. The van der Waals surface area contributed by atoms with Gasteiger partial charge in [-0.15, -0.1) is 5.10 Å². The van der Waals surface area contributed by atoms with Gasteiger partial charge in [-0.3, -0.25) is 4.68 Å². The molecule has 0 saturated carbocycles. The molecule has 0 aliphatic carbocycles. The average molecular weight is 345 g/mol. The van der Waals surface area contributed by atoms with Gasteiger partial charge in [0.2, 0.25) is 0 Å². The van der Waals surface area contributed by atoms with Crippen molar-refractivity contribution in [1.82, 2.24) is 29.6 Å². The van der Waals surface area contributed by atoms with Crippen molar-refractivity contribution in [2.45, 2.75) is 12.6 Å². The van der Waals surface area contributed by atoms with Crippen LogP contribution in [0.3, 0.4) is 0 Å². The zero-order valence-electron chi connectivity index (χ0n) is 11.2. The lowest BCUT2D eigenvalue weighted by atomic mass is 10.2. The summed E-state index contributed by atoms with van der Waals surface area (Å²) in [4.78, 5) is 3.22. The summed E-state index contributed by atoms with van der Waals surface area (Å²) in [7, 11) is 6.04. The van der Waals surface area contributed by atoms with E-state index in [1.165, 1.54) is 11.5 Å². The van der Waals surface area contributed by atoms with Crippen molar-refractivity contribution in [3.63, 3.8) is 0 Å². The third kappa shape index (κ3) is 3.38. The Bertz CT molecular complexity index is 509. The van der Waals surface area contributed by atoms with Crippen LogP contribution < -0.4 is 5.32 Å². The van der Waals surface area contributed by atoms with E-state index in [2.05, 4.69) is 54.9 Å². The van der Waals surface area contributed by atoms with Gasteiger partial charge in [0, 0.05) is 6.54 Å². The average Bonchev–Trinajstić information content (AvgIpc) is 3.00. The van der Waals surface area contributed by atoms with Gasteiger partial charge in [0.15, 0.2) is 0 Å². The van der Waals surface area contributed by atoms with Gasteiger partial charge in [-0.25, -0.2) is 0 Å². The second kappa shape index (κ2) is 6.56. The van der Waals surface area contributed by atoms with E-state index in [0.717, 1.165) is 28.1 Å². The van der Waals surface area contributed by atoms with Crippen LogP contribution in [0.15, 0.2) is 16.9 Å². The SMILES string of the molecule is CNC(c1cnns1)c1c(Br)cnn1CCN(C)C. The normalized spacial score (nSPS) is 13.1. The lowest BCUT2D eigenvalue weighted by Crippen LogP contribution is -2.25. The van der Waals surface area contributed by atoms with Crippen molar-refractivity contribution in [2.24, 2.45) is 0 Å². The van der Waals surface area contributed by atoms with Gasteiger partial charge in [0.05, 0.1) is 40.0 Å². The highest BCUT2D eigenvalue weighted by Crippen LogP contribution is 2.29. The van der Waals surface area contributed by atoms with Crippen LogP contribution in [0.5, 0.6) is 0 Å². The molecule has 19 heavy (non-hydrogen) atoms. The molecule has 2 aromatic heterocycles. The first-order valence-corrected chi connectivity index (χ1v) is 7.50. The topological polar surface area (TPSA) is 58.9 Å². The van der Waals surface area contributed by atoms with Crippen molar-refractivity contribution < 1.29 is 0 Å². The molecule has 0 spiro atoms. The molecule has 0 fully saturated rings. The van der Waals surface area contributed by atoms with Gasteiger partial charge >= 0.3 is 0 Å². The largest absolute Gasteiger partial charge is 0.308 e. The molecule has 0 amide bonds. The predicted octanol–water partition coefficient (Wildman–Crippen LogP) is 1.37. The van der Waals surface area contributed by atoms with Gasteiger partial charge in [0.1, 0.15) is 0 Å². The molecule has 6 nitrogen and oxygen atoms in total. The van der Waals surface area contributed by atoms with Crippen LogP contribution in [0.2, 0.25) is 0 Å². The van der Waals surface area contributed by atoms with E-state index in [0.29, 0.717) is 0 Å². The van der Waals surface area contributed by atoms with Crippen LogP contribution in [0.4, 0.5) is 0 Å². The fourth-order valence-electron chi connectivity index (χ4n) is 1.85. The molecule has 0 bridgehead atoms. The van der Waals surface area contributed by atoms with E-state index in [9.17, 15) is 0 Å². The summed E-state index contributed by atoms with van der Waals surface area (Å²) in [6, 6.07) is 0.0547. The Hall–Kier alpha value is -0.830. The Kier molecular flexibility index (Phi) is 5.03. The highest BCUT2D eigenvalue weighted by Gasteiger charge is 2.22. The van der Waals surface area contributed by atoms with E-state index >= 15 is 0 Å². The molecule has 1 unspecified atom stereocenters. The molecular weight excluding hydrogens is 328 g/mol. The quantitative estimate of drug-likeness (QED) is 0.857. The Morgan fingerprint density at radius 2 is 2.26 bits per heavy atom. The van der Waals surface area contributed by atoms with E-state index < -0.39 is 0 Å². The summed E-state index contributed by atoms with van der Waals surface area (Å²) in [6.07, 6.45) is 3.63. The molecule has 0 aliphatic rings. The van der Waals surface area contributed by atoms with Crippen LogP contribution in [-0.2, 0) is 6.54 Å². The maximum absolute atomic E-state index is 4.43. The van der Waals surface area contributed by atoms with Gasteiger partial charge in [0.25, 0.3) is 0 Å². The van der Waals surface area contributed by atoms with Crippen molar-refractivity contribution in [3.05, 3.63) is 27.4 Å². The molecule has 0 saturated heterocycles. The van der Waals surface area contributed by atoms with Crippen LogP contribution in [0.1, 0.15) is 16.6 Å². The molecule has 1 N–H and O–H groups in total. The third-order valence-electron chi connectivity index (χ3n) is 2.82. The fraction of sp³-hybridized carbons (Fsp3) is 0.545. The Morgan fingerprint density at radius 3 is 2.84 bits per heavy atom. The van der Waals surface area contributed by atoms with Crippen LogP contribution >= 0.6 is 27.5 Å². The molecule has 2 heterocycles. The molecule has 8 heteroatoms. The van der Waals surface area contributed by atoms with Crippen molar-refractivity contribution in [3.8, 4) is 0 Å². The van der Waals surface area contributed by atoms with Gasteiger partial charge in [-0.2, -0.15) is 5.10 Å². The fourth-order valence-corrected chi connectivity index (χ4v) is 2.99. The molecule has 2 aromatic rings. The van der Waals surface area contributed by atoms with E-state index in [1.54, 1.807) is 6.20 Å². The summed E-state index contributed by atoms with van der Waals surface area (Å²) in [5.74, 6) is 0. The summed E-state index contributed by atoms with van der Waals surface area (Å²) in [6.45, 7) is 1.79. The van der Waals surface area contributed by atoms with Gasteiger partial charge in [-0.1, -0.05) is 4.49 Å². The number of likely N-dealkylation sites (N-methyl/N-ethyl adjacent to an activating group) is 1. The highest BCUT2D eigenvalue weighted by molar-refractivity contribution is 9.10. The smallest absolute Gasteiger partial charge is 0.0883 e. The van der Waals surface area contributed by atoms with Crippen LogP contribution in [0.25, 0.3) is 0 Å². The zero-order chi connectivity index (χ0) is 13.8. The summed E-state index contributed by atoms with van der Waals surface area (Å²) in [5, 5.41) is 11.6. The molecule has 0 aliphatic heterocycles. The number of nitrogens with zero attached hydrogens (tertiary/aromatic N) is 5. The van der Waals surface area contributed by atoms with Gasteiger partial charge < -0.3 is 10.2 Å². The number of halogens is 1. The van der Waals surface area contributed by atoms with E-state index in [-0.39, 0.29) is 6.04 Å². The Morgan fingerprint density at radius 1 is 1.47 bits per heavy atom. The lowest BCUT2D eigenvalue weighted by molar-refractivity contribution is 0.366. The van der Waals surface area contributed by atoms with Crippen molar-refractivity contribution >= 4 is 27.5 Å². The van der Waals surface area contributed by atoms with Gasteiger partial charge in [-0.05, 0) is 48.6 Å². The Labute approximate surface area is 125 Å². The van der Waals surface area contributed by atoms with Crippen LogP contribution in [0, 0.1) is 0 Å². The monoisotopic (exact) mass is 344 g/mol. The summed E-state index contributed by atoms with van der Waals surface area (Å²) in [5.41, 5.74) is 1.11. The minimum absolute atomic E-state index is 0.0547. The van der Waals surface area contributed by atoms with Crippen LogP contribution in [-0.4, -0.2) is 52.0 Å². The molecule has 1 atom stereocenters. The standard InChI is InChI=1S/C11H17BrN6S/c1-13-10(9-7-14-16-19-9)11-8(12)6-15-18(11)5-4-17(2)3/h6-7,10,13H,4-5H2,1-3H3. The number of nitrogens with one attached hydrogen (secondary N) is 1. The molecule has 0 radical (unpaired) electrons. The first-order valence-electron chi connectivity index (χ1n) is 5.94. The second-order valence-corrected chi connectivity index (χ2v) is 6.12. The van der Waals surface area contributed by atoms with E-state index in [1.807, 2.05) is 17.9 Å². The first kappa shape index (κ1) is 14.6. The van der Waals surface area contributed by atoms with Crippen molar-refractivity contribution in [2.75, 3.05) is 27.7 Å². The number of hydrogen-bond acceptors (Lipinski definition) is 6. The molecular formula is C11H17BrN6S. The predicted molar refractivity (Wildman–Crippen MR) is 79.3 cm³/mol. The Balaban J connectivity index is 2.29. The van der Waals surface area contributed by atoms with Crippen molar-refractivity contribution in [1.29, 1.82) is 0 Å². The molecule has 104 valence electrons. The second-order valence-electron chi connectivity index (χ2n) is 4.45. The van der Waals surface area contributed by atoms with E-state index in [4.69, 9.17) is 0 Å². The number of hydrogen-bond donors (Lipinski definition) is 1. The minimum Gasteiger partial charge on any atom is -0.308 e. The third-order valence-corrected chi connectivity index (χ3v) is 4.16. The molecule has 2 rings (SSSR count). The maximum Gasteiger partial charge on any atom is 0.0883 e. The number of aromatic nitrogens is 4. The zero-order valence-corrected chi connectivity index (χ0v) is 13.6. The maximum atomic E-state index is 4.43.